The van der Waals surface area contributed by atoms with Crippen LogP contribution in [-0.2, 0) is 11.3 Å². The van der Waals surface area contributed by atoms with Gasteiger partial charge in [-0.3, -0.25) is 0 Å². The van der Waals surface area contributed by atoms with Crippen LogP contribution in [0, 0.1) is 11.3 Å². The van der Waals surface area contributed by atoms with Crippen LogP contribution in [0.25, 0.3) is 0 Å². The molecule has 124 valence electrons. The van der Waals surface area contributed by atoms with Crippen LogP contribution in [0.4, 0.5) is 5.88 Å². The molecule has 2 aliphatic rings. The number of aromatic nitrogens is 1. The average molecular weight is 329 g/mol. The fourth-order valence-corrected chi connectivity index (χ4v) is 2.58. The Kier molecular flexibility index (Phi) is 3.84. The topological polar surface area (TPSA) is 90.0 Å². The van der Waals surface area contributed by atoms with Gasteiger partial charge >= 0.3 is 0 Å². The molecule has 0 N–H and O–H groups in total. The summed E-state index contributed by atoms with van der Waals surface area (Å²) in [6, 6.07) is 7.38. The lowest BCUT2D eigenvalue weighted by molar-refractivity contribution is 0.120. The number of fused-ring (bicyclic) bond motifs is 1. The zero-order chi connectivity index (χ0) is 16.4. The monoisotopic (exact) mass is 329 g/mol. The van der Waals surface area contributed by atoms with Crippen LogP contribution < -0.4 is 19.1 Å². The Bertz CT molecular complexity index is 777. The Morgan fingerprint density at radius 3 is 2.88 bits per heavy atom. The van der Waals surface area contributed by atoms with E-state index in [0.717, 1.165) is 0 Å². The lowest BCUT2D eigenvalue weighted by Gasteiger charge is -2.25. The molecule has 0 radical (unpaired) electrons. The summed E-state index contributed by atoms with van der Waals surface area (Å²) in [5.41, 5.74) is 0.265. The van der Waals surface area contributed by atoms with Crippen LogP contribution in [-0.4, -0.2) is 38.1 Å². The molecule has 0 unspecified atom stereocenters. The molecule has 8 nitrogen and oxygen atoms in total. The van der Waals surface area contributed by atoms with E-state index in [1.807, 2.05) is 4.90 Å². The first-order chi connectivity index (χ1) is 11.8. The Morgan fingerprint density at radius 2 is 2.04 bits per heavy atom. The van der Waals surface area contributed by atoms with E-state index in [9.17, 15) is 5.26 Å². The van der Waals surface area contributed by atoms with Crippen LogP contribution in [0.1, 0.15) is 11.6 Å². The molecule has 0 aliphatic carbocycles. The van der Waals surface area contributed by atoms with E-state index in [2.05, 4.69) is 11.1 Å². The molecule has 2 aromatic rings. The second-order valence-electron chi connectivity index (χ2n) is 5.28. The maximum atomic E-state index is 9.25. The van der Waals surface area contributed by atoms with Gasteiger partial charge in [0.15, 0.2) is 18.1 Å². The summed E-state index contributed by atoms with van der Waals surface area (Å²) in [5, 5.41) is 9.25. The van der Waals surface area contributed by atoms with Crippen molar-refractivity contribution in [1.82, 2.24) is 4.98 Å². The third-order valence-corrected chi connectivity index (χ3v) is 3.76. The highest BCUT2D eigenvalue weighted by atomic mass is 16.7. The maximum Gasteiger partial charge on any atom is 0.236 e. The summed E-state index contributed by atoms with van der Waals surface area (Å²) in [6.07, 6.45) is 0. The zero-order valence-corrected chi connectivity index (χ0v) is 12.9. The first-order valence-electron chi connectivity index (χ1n) is 7.58. The molecule has 3 heterocycles. The molecular weight excluding hydrogens is 314 g/mol. The van der Waals surface area contributed by atoms with Gasteiger partial charge in [-0.05, 0) is 12.1 Å². The Morgan fingerprint density at radius 1 is 1.21 bits per heavy atom. The van der Waals surface area contributed by atoms with Gasteiger partial charge in [0.05, 0.1) is 13.2 Å². The summed E-state index contributed by atoms with van der Waals surface area (Å²) >= 11 is 0. The van der Waals surface area contributed by atoms with Gasteiger partial charge in [-0.1, -0.05) is 0 Å². The normalized spacial score (nSPS) is 16.0. The molecule has 0 atom stereocenters. The third kappa shape index (κ3) is 2.81. The molecule has 24 heavy (non-hydrogen) atoms. The van der Waals surface area contributed by atoms with Gasteiger partial charge in [-0.25, -0.2) is 0 Å². The van der Waals surface area contributed by atoms with Crippen LogP contribution in [0.5, 0.6) is 17.2 Å². The number of oxazole rings is 1. The molecular formula is C16H15N3O5. The van der Waals surface area contributed by atoms with Crippen molar-refractivity contribution in [2.45, 2.75) is 6.61 Å². The third-order valence-electron chi connectivity index (χ3n) is 3.76. The van der Waals surface area contributed by atoms with E-state index in [4.69, 9.17) is 23.4 Å². The van der Waals surface area contributed by atoms with E-state index in [1.54, 1.807) is 18.2 Å². The van der Waals surface area contributed by atoms with Crippen molar-refractivity contribution in [3.8, 4) is 23.3 Å². The number of nitriles is 1. The molecule has 0 saturated carbocycles. The molecule has 0 amide bonds. The molecule has 1 fully saturated rings. The second kappa shape index (κ2) is 6.29. The van der Waals surface area contributed by atoms with Crippen LogP contribution in [0.15, 0.2) is 22.6 Å². The average Bonchev–Trinajstić information content (AvgIpc) is 3.26. The van der Waals surface area contributed by atoms with Gasteiger partial charge in [0.25, 0.3) is 0 Å². The van der Waals surface area contributed by atoms with Gasteiger partial charge in [-0.2, -0.15) is 10.2 Å². The lowest BCUT2D eigenvalue weighted by Crippen LogP contribution is -2.36. The lowest BCUT2D eigenvalue weighted by atomic mass is 10.3. The molecule has 1 aromatic carbocycles. The quantitative estimate of drug-likeness (QED) is 0.837. The van der Waals surface area contributed by atoms with Gasteiger partial charge in [0.1, 0.15) is 11.8 Å². The fourth-order valence-electron chi connectivity index (χ4n) is 2.58. The second-order valence-corrected chi connectivity index (χ2v) is 5.28. The minimum absolute atomic E-state index is 0.124. The van der Waals surface area contributed by atoms with Gasteiger partial charge in [0.2, 0.25) is 24.3 Å². The van der Waals surface area contributed by atoms with E-state index < -0.39 is 0 Å². The minimum atomic E-state index is 0.124. The van der Waals surface area contributed by atoms with Gasteiger partial charge < -0.3 is 28.3 Å². The number of hydrogen-bond acceptors (Lipinski definition) is 8. The van der Waals surface area contributed by atoms with Crippen molar-refractivity contribution in [2.75, 3.05) is 38.0 Å². The standard InChI is InChI=1S/C16H15N3O5/c17-8-12-16(19-3-5-20-6-4-19)24-15(18-12)9-21-11-1-2-13-14(7-11)23-10-22-13/h1-2,7H,3-6,9-10H2. The summed E-state index contributed by atoms with van der Waals surface area (Å²) in [4.78, 5) is 6.16. The number of rotatable bonds is 4. The van der Waals surface area contributed by atoms with Gasteiger partial charge in [-0.15, -0.1) is 0 Å². The highest BCUT2D eigenvalue weighted by Crippen LogP contribution is 2.35. The van der Waals surface area contributed by atoms with Crippen molar-refractivity contribution in [2.24, 2.45) is 0 Å². The molecule has 1 saturated heterocycles. The molecule has 0 bridgehead atoms. The van der Waals surface area contributed by atoms with E-state index in [1.165, 1.54) is 0 Å². The highest BCUT2D eigenvalue weighted by Gasteiger charge is 2.22. The predicted molar refractivity (Wildman–Crippen MR) is 81.1 cm³/mol. The maximum absolute atomic E-state index is 9.25. The van der Waals surface area contributed by atoms with Crippen molar-refractivity contribution >= 4 is 5.88 Å². The van der Waals surface area contributed by atoms with E-state index >= 15 is 0 Å². The van der Waals surface area contributed by atoms with Crippen molar-refractivity contribution in [1.29, 1.82) is 5.26 Å². The van der Waals surface area contributed by atoms with Crippen LogP contribution in [0.3, 0.4) is 0 Å². The predicted octanol–water partition coefficient (Wildman–Crippen LogP) is 1.69. The van der Waals surface area contributed by atoms with Gasteiger partial charge in [0, 0.05) is 19.2 Å². The Balaban J connectivity index is 1.47. The summed E-state index contributed by atoms with van der Waals surface area (Å²) in [6.45, 7) is 2.90. The number of nitrogens with zero attached hydrogens (tertiary/aromatic N) is 3. The fraction of sp³-hybridized carbons (Fsp3) is 0.375. The van der Waals surface area contributed by atoms with Crippen LogP contribution >= 0.6 is 0 Å². The number of morpholine rings is 1. The smallest absolute Gasteiger partial charge is 0.236 e. The first-order valence-corrected chi connectivity index (χ1v) is 7.58. The Labute approximate surface area is 138 Å². The van der Waals surface area contributed by atoms with E-state index in [-0.39, 0.29) is 19.1 Å². The number of anilines is 1. The van der Waals surface area contributed by atoms with E-state index in [0.29, 0.717) is 55.3 Å². The summed E-state index contributed by atoms with van der Waals surface area (Å²) in [7, 11) is 0. The largest absolute Gasteiger partial charge is 0.484 e. The number of hydrogen-bond donors (Lipinski definition) is 0. The highest BCUT2D eigenvalue weighted by molar-refractivity contribution is 5.48. The molecule has 2 aliphatic heterocycles. The molecule has 1 aromatic heterocycles. The molecule has 0 spiro atoms. The van der Waals surface area contributed by atoms with Crippen molar-refractivity contribution in [3.05, 3.63) is 29.8 Å². The Hall–Kier alpha value is -2.92. The number of ether oxygens (including phenoxy) is 4. The number of benzene rings is 1. The molecule has 8 heteroatoms. The minimum Gasteiger partial charge on any atom is -0.484 e. The zero-order valence-electron chi connectivity index (χ0n) is 12.9. The SMILES string of the molecule is N#Cc1nc(COc2ccc3c(c2)OCO3)oc1N1CCOCC1. The first kappa shape index (κ1) is 14.7. The van der Waals surface area contributed by atoms with Crippen molar-refractivity contribution in [3.63, 3.8) is 0 Å². The summed E-state index contributed by atoms with van der Waals surface area (Å²) < 4.78 is 27.3. The summed E-state index contributed by atoms with van der Waals surface area (Å²) in [5.74, 6) is 2.78. The molecule has 4 rings (SSSR count). The van der Waals surface area contributed by atoms with Crippen LogP contribution in [0.2, 0.25) is 0 Å². The van der Waals surface area contributed by atoms with Crippen molar-refractivity contribution < 1.29 is 23.4 Å².